The van der Waals surface area contributed by atoms with Crippen molar-refractivity contribution in [2.24, 2.45) is 0 Å². The second kappa shape index (κ2) is 7.53. The lowest BCUT2D eigenvalue weighted by Gasteiger charge is -2.19. The molecule has 0 fully saturated rings. The van der Waals surface area contributed by atoms with E-state index in [1.165, 1.54) is 11.3 Å². The molecule has 1 amide bonds. The Labute approximate surface area is 163 Å². The minimum atomic E-state index is -0.423. The predicted octanol–water partition coefficient (Wildman–Crippen LogP) is 5.63. The first-order valence-corrected chi connectivity index (χ1v) is 9.73. The van der Waals surface area contributed by atoms with Gasteiger partial charge in [0.25, 0.3) is 5.91 Å². The van der Waals surface area contributed by atoms with E-state index >= 15 is 0 Å². The van der Waals surface area contributed by atoms with Crippen LogP contribution < -0.4 is 5.32 Å². The van der Waals surface area contributed by atoms with E-state index in [9.17, 15) is 9.59 Å². The van der Waals surface area contributed by atoms with Gasteiger partial charge in [0.05, 0.1) is 6.61 Å². The monoisotopic (exact) mass is 381 g/mol. The second-order valence-electron chi connectivity index (χ2n) is 7.30. The molecular formula is C22H23NO3S. The van der Waals surface area contributed by atoms with Crippen LogP contribution in [-0.2, 0) is 10.2 Å². The molecule has 0 radical (unpaired) electrons. The van der Waals surface area contributed by atoms with E-state index in [4.69, 9.17) is 4.74 Å². The van der Waals surface area contributed by atoms with Gasteiger partial charge < -0.3 is 10.1 Å². The van der Waals surface area contributed by atoms with Crippen molar-refractivity contribution in [3.8, 4) is 0 Å². The molecule has 0 unspecified atom stereocenters. The summed E-state index contributed by atoms with van der Waals surface area (Å²) >= 11 is 1.38. The molecule has 0 aliphatic carbocycles. The highest BCUT2D eigenvalue weighted by Gasteiger charge is 2.22. The molecule has 0 aliphatic rings. The first-order chi connectivity index (χ1) is 12.8. The summed E-state index contributed by atoms with van der Waals surface area (Å²) in [6, 6.07) is 15.1. The van der Waals surface area contributed by atoms with Gasteiger partial charge >= 0.3 is 5.97 Å². The van der Waals surface area contributed by atoms with Gasteiger partial charge in [-0.3, -0.25) is 4.79 Å². The highest BCUT2D eigenvalue weighted by Crippen LogP contribution is 2.36. The number of ether oxygens (including phenoxy) is 1. The van der Waals surface area contributed by atoms with Crippen molar-refractivity contribution in [1.82, 2.24) is 0 Å². The molecule has 1 aromatic heterocycles. The number of hydrogen-bond donors (Lipinski definition) is 1. The fourth-order valence-electron chi connectivity index (χ4n) is 2.84. The maximum Gasteiger partial charge on any atom is 0.341 e. The van der Waals surface area contributed by atoms with Crippen LogP contribution in [0.3, 0.4) is 0 Å². The van der Waals surface area contributed by atoms with Gasteiger partial charge in [-0.1, -0.05) is 51.1 Å². The molecule has 0 atom stereocenters. The summed E-state index contributed by atoms with van der Waals surface area (Å²) in [6.07, 6.45) is 0. The van der Waals surface area contributed by atoms with Crippen molar-refractivity contribution in [3.63, 3.8) is 0 Å². The van der Waals surface area contributed by atoms with Crippen LogP contribution in [0.2, 0.25) is 0 Å². The number of anilines is 1. The molecule has 0 bridgehead atoms. The molecule has 5 heteroatoms. The predicted molar refractivity (Wildman–Crippen MR) is 111 cm³/mol. The third-order valence-electron chi connectivity index (χ3n) is 4.32. The van der Waals surface area contributed by atoms with Crippen molar-refractivity contribution in [1.29, 1.82) is 0 Å². The number of amides is 1. The molecule has 3 rings (SSSR count). The van der Waals surface area contributed by atoms with Crippen LogP contribution in [0.15, 0.2) is 48.5 Å². The maximum absolute atomic E-state index is 12.7. The summed E-state index contributed by atoms with van der Waals surface area (Å²) in [6.45, 7) is 8.44. The van der Waals surface area contributed by atoms with E-state index in [0.29, 0.717) is 16.1 Å². The number of carbonyl (C=O) groups excluding carboxylic acids is 2. The molecular weight excluding hydrogens is 358 g/mol. The lowest BCUT2D eigenvalue weighted by atomic mass is 9.87. The van der Waals surface area contributed by atoms with Crippen LogP contribution in [0.4, 0.5) is 5.00 Å². The van der Waals surface area contributed by atoms with Gasteiger partial charge in [-0.25, -0.2) is 4.79 Å². The third-order valence-corrected chi connectivity index (χ3v) is 5.40. The van der Waals surface area contributed by atoms with Crippen LogP contribution in [-0.4, -0.2) is 18.5 Å². The molecule has 0 saturated heterocycles. The van der Waals surface area contributed by atoms with Crippen molar-refractivity contribution in [2.75, 3.05) is 11.9 Å². The lowest BCUT2D eigenvalue weighted by Crippen LogP contribution is -2.15. The van der Waals surface area contributed by atoms with Crippen molar-refractivity contribution >= 4 is 38.3 Å². The Kier molecular flexibility index (Phi) is 5.33. The highest BCUT2D eigenvalue weighted by molar-refractivity contribution is 7.23. The van der Waals surface area contributed by atoms with Crippen molar-refractivity contribution in [3.05, 3.63) is 65.2 Å². The lowest BCUT2D eigenvalue weighted by molar-refractivity contribution is 0.0530. The summed E-state index contributed by atoms with van der Waals surface area (Å²) in [5, 5.41) is 4.20. The van der Waals surface area contributed by atoms with Crippen LogP contribution in [0, 0.1) is 0 Å². The SMILES string of the molecule is CCOC(=O)c1c(NC(=O)c2ccc(C(C)(C)C)cc2)sc2ccccc12. The standard InChI is InChI=1S/C22H23NO3S/c1-5-26-21(25)18-16-8-6-7-9-17(16)27-20(18)23-19(24)14-10-12-15(13-11-14)22(2,3)4/h6-13H,5H2,1-4H3,(H,23,24). The molecule has 1 heterocycles. The van der Waals surface area contributed by atoms with E-state index in [-0.39, 0.29) is 17.9 Å². The summed E-state index contributed by atoms with van der Waals surface area (Å²) < 4.78 is 6.12. The second-order valence-corrected chi connectivity index (χ2v) is 8.36. The fourth-order valence-corrected chi connectivity index (χ4v) is 3.92. The molecule has 3 aromatic rings. The van der Waals surface area contributed by atoms with Gasteiger partial charge in [-0.05, 0) is 36.1 Å². The largest absolute Gasteiger partial charge is 0.462 e. The number of nitrogens with one attached hydrogen (secondary N) is 1. The zero-order valence-corrected chi connectivity index (χ0v) is 16.8. The summed E-state index contributed by atoms with van der Waals surface area (Å²) in [5.41, 5.74) is 2.15. The number of carbonyl (C=O) groups is 2. The van der Waals surface area contributed by atoms with Crippen LogP contribution in [0.1, 0.15) is 54.0 Å². The Morgan fingerprint density at radius 3 is 2.33 bits per heavy atom. The Morgan fingerprint density at radius 1 is 1.04 bits per heavy atom. The van der Waals surface area contributed by atoms with E-state index in [1.54, 1.807) is 6.92 Å². The zero-order chi connectivity index (χ0) is 19.6. The average molecular weight is 381 g/mol. The first kappa shape index (κ1) is 19.1. The Balaban J connectivity index is 1.93. The summed E-state index contributed by atoms with van der Waals surface area (Å²) in [7, 11) is 0. The van der Waals surface area contributed by atoms with Crippen molar-refractivity contribution < 1.29 is 14.3 Å². The summed E-state index contributed by atoms with van der Waals surface area (Å²) in [5.74, 6) is -0.666. The number of rotatable bonds is 4. The maximum atomic E-state index is 12.7. The molecule has 1 N–H and O–H groups in total. The Hall–Kier alpha value is -2.66. The van der Waals surface area contributed by atoms with E-state index in [0.717, 1.165) is 15.6 Å². The smallest absolute Gasteiger partial charge is 0.341 e. The fraction of sp³-hybridized carbons (Fsp3) is 0.273. The van der Waals surface area contributed by atoms with Gasteiger partial charge in [0.1, 0.15) is 10.6 Å². The van der Waals surface area contributed by atoms with Gasteiger partial charge in [0.15, 0.2) is 0 Å². The van der Waals surface area contributed by atoms with Crippen molar-refractivity contribution in [2.45, 2.75) is 33.1 Å². The number of esters is 1. The average Bonchev–Trinajstić information content (AvgIpc) is 2.99. The number of fused-ring (bicyclic) bond motifs is 1. The van der Waals surface area contributed by atoms with Gasteiger partial charge in [-0.2, -0.15) is 0 Å². The molecule has 2 aromatic carbocycles. The number of benzene rings is 2. The number of thiophene rings is 1. The van der Waals surface area contributed by atoms with E-state index < -0.39 is 5.97 Å². The minimum Gasteiger partial charge on any atom is -0.462 e. The first-order valence-electron chi connectivity index (χ1n) is 8.92. The Morgan fingerprint density at radius 2 is 1.70 bits per heavy atom. The summed E-state index contributed by atoms with van der Waals surface area (Å²) in [4.78, 5) is 25.2. The minimum absolute atomic E-state index is 0.0254. The van der Waals surface area contributed by atoms with Crippen LogP contribution in [0.25, 0.3) is 10.1 Å². The molecule has 4 nitrogen and oxygen atoms in total. The van der Waals surface area contributed by atoms with E-state index in [1.807, 2.05) is 48.5 Å². The highest BCUT2D eigenvalue weighted by atomic mass is 32.1. The normalized spacial score (nSPS) is 11.4. The molecule has 140 valence electrons. The molecule has 27 heavy (non-hydrogen) atoms. The molecule has 0 spiro atoms. The molecule has 0 aliphatic heterocycles. The van der Waals surface area contributed by atoms with Gasteiger partial charge in [0.2, 0.25) is 0 Å². The Bertz CT molecular complexity index is 981. The van der Waals surface area contributed by atoms with Gasteiger partial charge in [0, 0.05) is 15.6 Å². The van der Waals surface area contributed by atoms with E-state index in [2.05, 4.69) is 26.1 Å². The van der Waals surface area contributed by atoms with Crippen LogP contribution >= 0.6 is 11.3 Å². The topological polar surface area (TPSA) is 55.4 Å². The zero-order valence-electron chi connectivity index (χ0n) is 16.0. The number of hydrogen-bond acceptors (Lipinski definition) is 4. The quantitative estimate of drug-likeness (QED) is 0.596. The van der Waals surface area contributed by atoms with Gasteiger partial charge in [-0.15, -0.1) is 11.3 Å². The molecule has 0 saturated carbocycles. The van der Waals surface area contributed by atoms with Crippen LogP contribution in [0.5, 0.6) is 0 Å². The third kappa shape index (κ3) is 4.03.